The average molecular weight is 275 g/mol. The van der Waals surface area contributed by atoms with Crippen LogP contribution in [-0.4, -0.2) is 57.3 Å². The Bertz CT molecular complexity index is 249. The zero-order chi connectivity index (χ0) is 12.3. The van der Waals surface area contributed by atoms with Gasteiger partial charge in [-0.3, -0.25) is 0 Å². The van der Waals surface area contributed by atoms with E-state index in [0.29, 0.717) is 0 Å². The fourth-order valence-electron chi connectivity index (χ4n) is 1.32. The number of hydrogen-bond acceptors (Lipinski definition) is 6. The number of hydrogen-bond donors (Lipinski definition) is 3. The van der Waals surface area contributed by atoms with Crippen LogP contribution < -0.4 is 0 Å². The molecule has 16 heavy (non-hydrogen) atoms. The SMILES string of the molecule is O=C(O[C@H]1C[C@@H](O)[C@H](O)C(CO)O1)C(Cl)Cl. The Morgan fingerprint density at radius 1 is 1.50 bits per heavy atom. The summed E-state index contributed by atoms with van der Waals surface area (Å²) >= 11 is 10.5. The molecule has 1 aliphatic heterocycles. The highest BCUT2D eigenvalue weighted by Gasteiger charge is 2.38. The number of carbonyl (C=O) groups excluding carboxylic acids is 1. The number of carbonyl (C=O) groups is 1. The van der Waals surface area contributed by atoms with Crippen molar-refractivity contribution >= 4 is 29.2 Å². The Hall–Kier alpha value is -0.110. The van der Waals surface area contributed by atoms with Gasteiger partial charge in [-0.2, -0.15) is 0 Å². The normalized spacial score (nSPS) is 35.1. The van der Waals surface area contributed by atoms with E-state index in [1.165, 1.54) is 0 Å². The number of halogens is 2. The van der Waals surface area contributed by atoms with Crippen LogP contribution in [0.4, 0.5) is 0 Å². The number of aliphatic hydroxyl groups excluding tert-OH is 3. The van der Waals surface area contributed by atoms with Crippen LogP contribution in [0.5, 0.6) is 0 Å². The molecule has 0 aromatic carbocycles. The summed E-state index contributed by atoms with van der Waals surface area (Å²) in [6.07, 6.45) is -4.56. The van der Waals surface area contributed by atoms with Crippen LogP contribution >= 0.6 is 23.2 Å². The number of ether oxygens (including phenoxy) is 2. The second-order valence-corrected chi connectivity index (χ2v) is 4.41. The van der Waals surface area contributed by atoms with E-state index in [9.17, 15) is 15.0 Å². The van der Waals surface area contributed by atoms with Crippen molar-refractivity contribution in [3.8, 4) is 0 Å². The van der Waals surface area contributed by atoms with Crippen LogP contribution in [0.3, 0.4) is 0 Å². The van der Waals surface area contributed by atoms with Gasteiger partial charge in [0.15, 0.2) is 0 Å². The third-order valence-electron chi connectivity index (χ3n) is 2.14. The molecule has 4 atom stereocenters. The molecule has 3 N–H and O–H groups in total. The van der Waals surface area contributed by atoms with E-state index in [2.05, 4.69) is 0 Å². The molecule has 94 valence electrons. The molecular weight excluding hydrogens is 263 g/mol. The van der Waals surface area contributed by atoms with Gasteiger partial charge in [-0.1, -0.05) is 23.2 Å². The molecule has 0 aromatic heterocycles. The van der Waals surface area contributed by atoms with Crippen LogP contribution in [0.25, 0.3) is 0 Å². The van der Waals surface area contributed by atoms with Crippen LogP contribution in [0.15, 0.2) is 0 Å². The average Bonchev–Trinajstić information content (AvgIpc) is 2.22. The lowest BCUT2D eigenvalue weighted by molar-refractivity contribution is -0.250. The maximum atomic E-state index is 11.0. The van der Waals surface area contributed by atoms with Crippen molar-refractivity contribution in [3.63, 3.8) is 0 Å². The van der Waals surface area contributed by atoms with Crippen molar-refractivity contribution in [2.75, 3.05) is 6.61 Å². The summed E-state index contributed by atoms with van der Waals surface area (Å²) in [7, 11) is 0. The minimum absolute atomic E-state index is 0.107. The number of aliphatic hydroxyl groups is 3. The van der Waals surface area contributed by atoms with Gasteiger partial charge < -0.3 is 24.8 Å². The second-order valence-electron chi connectivity index (χ2n) is 3.32. The molecule has 1 saturated heterocycles. The molecule has 0 bridgehead atoms. The molecule has 1 rings (SSSR count). The standard InChI is InChI=1S/C8H12Cl2O6/c9-7(10)8(14)16-5-1-3(12)6(13)4(2-11)15-5/h3-7,11-13H,1-2H2/t3-,4?,5+,6+/m1/s1. The van der Waals surface area contributed by atoms with E-state index in [0.717, 1.165) is 0 Å². The highest BCUT2D eigenvalue weighted by molar-refractivity contribution is 6.52. The molecule has 6 nitrogen and oxygen atoms in total. The molecule has 1 aliphatic rings. The van der Waals surface area contributed by atoms with Crippen molar-refractivity contribution in [2.45, 2.75) is 35.9 Å². The number of esters is 1. The van der Waals surface area contributed by atoms with Gasteiger partial charge in [0.1, 0.15) is 12.2 Å². The lowest BCUT2D eigenvalue weighted by Gasteiger charge is -2.35. The minimum Gasteiger partial charge on any atom is -0.434 e. The molecule has 1 heterocycles. The van der Waals surface area contributed by atoms with Crippen molar-refractivity contribution in [1.82, 2.24) is 0 Å². The molecule has 0 spiro atoms. The Morgan fingerprint density at radius 2 is 2.12 bits per heavy atom. The van der Waals surface area contributed by atoms with Gasteiger partial charge in [0.25, 0.3) is 0 Å². The van der Waals surface area contributed by atoms with E-state index >= 15 is 0 Å². The van der Waals surface area contributed by atoms with Crippen LogP contribution in [0, 0.1) is 0 Å². The van der Waals surface area contributed by atoms with Gasteiger partial charge in [0.05, 0.1) is 12.7 Å². The van der Waals surface area contributed by atoms with E-state index in [1.54, 1.807) is 0 Å². The first-order chi connectivity index (χ1) is 7.45. The Kier molecular flexibility index (Phi) is 5.23. The monoisotopic (exact) mass is 274 g/mol. The van der Waals surface area contributed by atoms with Crippen molar-refractivity contribution < 1.29 is 29.6 Å². The summed E-state index contributed by atoms with van der Waals surface area (Å²) in [5.74, 6) is -0.909. The largest absolute Gasteiger partial charge is 0.434 e. The van der Waals surface area contributed by atoms with Crippen molar-refractivity contribution in [3.05, 3.63) is 0 Å². The van der Waals surface area contributed by atoms with Crippen LogP contribution in [0.2, 0.25) is 0 Å². The Balaban J connectivity index is 2.53. The van der Waals surface area contributed by atoms with E-state index < -0.39 is 42.0 Å². The molecule has 1 fully saturated rings. The van der Waals surface area contributed by atoms with Gasteiger partial charge in [0, 0.05) is 6.42 Å². The minimum atomic E-state index is -1.35. The fraction of sp³-hybridized carbons (Fsp3) is 0.875. The predicted molar refractivity (Wildman–Crippen MR) is 54.0 cm³/mol. The zero-order valence-electron chi connectivity index (χ0n) is 8.12. The first-order valence-electron chi connectivity index (χ1n) is 4.56. The van der Waals surface area contributed by atoms with Crippen molar-refractivity contribution in [1.29, 1.82) is 0 Å². The smallest absolute Gasteiger partial charge is 0.341 e. The topological polar surface area (TPSA) is 96.2 Å². The molecule has 8 heteroatoms. The van der Waals surface area contributed by atoms with Crippen LogP contribution in [-0.2, 0) is 14.3 Å². The summed E-state index contributed by atoms with van der Waals surface area (Å²) in [6, 6.07) is 0. The van der Waals surface area contributed by atoms with Crippen LogP contribution in [0.1, 0.15) is 6.42 Å². The maximum Gasteiger partial charge on any atom is 0.341 e. The van der Waals surface area contributed by atoms with Gasteiger partial charge >= 0.3 is 5.97 Å². The van der Waals surface area contributed by atoms with Gasteiger partial charge in [-0.05, 0) is 0 Å². The summed E-state index contributed by atoms with van der Waals surface area (Å²) in [5, 5.41) is 27.6. The summed E-state index contributed by atoms with van der Waals surface area (Å²) in [5.41, 5.74) is 0. The molecule has 1 unspecified atom stereocenters. The zero-order valence-corrected chi connectivity index (χ0v) is 9.64. The first-order valence-corrected chi connectivity index (χ1v) is 5.44. The van der Waals surface area contributed by atoms with Gasteiger partial charge in [0.2, 0.25) is 11.1 Å². The summed E-state index contributed by atoms with van der Waals surface area (Å²) in [6.45, 7) is -0.503. The van der Waals surface area contributed by atoms with Gasteiger partial charge in [-0.25, -0.2) is 4.79 Å². The molecule has 0 aromatic rings. The number of alkyl halides is 2. The van der Waals surface area contributed by atoms with E-state index in [1.807, 2.05) is 0 Å². The van der Waals surface area contributed by atoms with Crippen molar-refractivity contribution in [2.24, 2.45) is 0 Å². The predicted octanol–water partition coefficient (Wildman–Crippen LogP) is -0.838. The third kappa shape index (κ3) is 3.44. The lowest BCUT2D eigenvalue weighted by Crippen LogP contribution is -2.51. The lowest BCUT2D eigenvalue weighted by atomic mass is 10.0. The highest BCUT2D eigenvalue weighted by Crippen LogP contribution is 2.22. The molecule has 0 amide bonds. The first kappa shape index (κ1) is 14.0. The maximum absolute atomic E-state index is 11.0. The second kappa shape index (κ2) is 6.00. The highest BCUT2D eigenvalue weighted by atomic mass is 35.5. The quantitative estimate of drug-likeness (QED) is 0.459. The summed E-state index contributed by atoms with van der Waals surface area (Å²) in [4.78, 5) is 9.67. The van der Waals surface area contributed by atoms with Gasteiger partial charge in [-0.15, -0.1) is 0 Å². The van der Waals surface area contributed by atoms with E-state index in [4.69, 9.17) is 37.8 Å². The molecule has 0 aliphatic carbocycles. The molecule has 0 saturated carbocycles. The summed E-state index contributed by atoms with van der Waals surface area (Å²) < 4.78 is 9.72. The third-order valence-corrected chi connectivity index (χ3v) is 2.50. The number of rotatable bonds is 3. The Labute approximate surface area is 102 Å². The fourth-order valence-corrected chi connectivity index (χ4v) is 1.43. The molecular formula is C8H12Cl2O6. The van der Waals surface area contributed by atoms with E-state index in [-0.39, 0.29) is 6.42 Å². The Morgan fingerprint density at radius 3 is 2.62 bits per heavy atom. The molecule has 0 radical (unpaired) electrons.